The fourth-order valence-corrected chi connectivity index (χ4v) is 3.51. The van der Waals surface area contributed by atoms with E-state index in [1.54, 1.807) is 6.07 Å². The van der Waals surface area contributed by atoms with Gasteiger partial charge in [-0.2, -0.15) is 0 Å². The number of hydrogen-bond donors (Lipinski definition) is 1. The molecule has 1 aromatic carbocycles. The van der Waals surface area contributed by atoms with Crippen LogP contribution in [0.3, 0.4) is 0 Å². The third-order valence-electron chi connectivity index (χ3n) is 4.06. The van der Waals surface area contributed by atoms with Crippen LogP contribution in [0.4, 0.5) is 0 Å². The molecule has 5 nitrogen and oxygen atoms in total. The van der Waals surface area contributed by atoms with E-state index in [2.05, 4.69) is 20.9 Å². The number of hydrogen-bond acceptors (Lipinski definition) is 4. The number of carboxylic acids is 1. The highest BCUT2D eigenvalue weighted by molar-refractivity contribution is 9.10. The summed E-state index contributed by atoms with van der Waals surface area (Å²) in [6.45, 7) is 3.19. The molecule has 2 atom stereocenters. The maximum absolute atomic E-state index is 11.3. The van der Waals surface area contributed by atoms with Crippen molar-refractivity contribution in [2.75, 3.05) is 13.1 Å². The molecule has 1 N–H and O–H groups in total. The summed E-state index contributed by atoms with van der Waals surface area (Å²) in [7, 11) is 0. The molecule has 0 radical (unpaired) electrons. The highest BCUT2D eigenvalue weighted by Crippen LogP contribution is 2.31. The Labute approximate surface area is 147 Å². The summed E-state index contributed by atoms with van der Waals surface area (Å²) < 4.78 is 6.94. The van der Waals surface area contributed by atoms with Gasteiger partial charge in [-0.05, 0) is 30.1 Å². The number of carbonyl (C=O) groups is 1. The zero-order valence-corrected chi connectivity index (χ0v) is 14.8. The average Bonchev–Trinajstić information content (AvgIpc) is 2.91. The Balaban J connectivity index is 1.90. The third-order valence-corrected chi connectivity index (χ3v) is 4.75. The van der Waals surface area contributed by atoms with Gasteiger partial charge in [0.05, 0.1) is 0 Å². The highest BCUT2D eigenvalue weighted by atomic mass is 79.9. The summed E-state index contributed by atoms with van der Waals surface area (Å²) >= 11 is 9.52. The fraction of sp³-hybridized carbons (Fsp3) is 0.375. The number of likely N-dealkylation sites (N-methyl/N-ethyl adjacent to an activating group) is 1. The second kappa shape index (κ2) is 6.63. The van der Waals surface area contributed by atoms with Crippen LogP contribution in [0.2, 0.25) is 5.15 Å². The van der Waals surface area contributed by atoms with E-state index >= 15 is 0 Å². The van der Waals surface area contributed by atoms with Crippen LogP contribution < -0.4 is 4.74 Å². The molecule has 3 rings (SSSR count). The van der Waals surface area contributed by atoms with Gasteiger partial charge in [-0.25, -0.2) is 4.98 Å². The first-order valence-corrected chi connectivity index (χ1v) is 8.54. The molecule has 2 aromatic rings. The summed E-state index contributed by atoms with van der Waals surface area (Å²) in [6, 6.07) is 7.06. The number of pyridine rings is 1. The number of aromatic nitrogens is 1. The van der Waals surface area contributed by atoms with Crippen LogP contribution >= 0.6 is 27.5 Å². The average molecular weight is 400 g/mol. The molecule has 1 fully saturated rings. The summed E-state index contributed by atoms with van der Waals surface area (Å²) in [4.78, 5) is 17.5. The molecular weight excluding hydrogens is 384 g/mol. The summed E-state index contributed by atoms with van der Waals surface area (Å²) in [5.41, 5.74) is 0. The minimum absolute atomic E-state index is 0.218. The molecule has 0 aliphatic carbocycles. The molecule has 0 bridgehead atoms. The standard InChI is InChI=1S/C16H16BrClN2O3/c1-2-20-8-11(7-13(20)16(21)22)23-15-12-6-10(17)4-3-9(12)5-14(18)19-15/h3-6,11,13H,2,7-8H2,1H3,(H,21,22)/t11-,13+/m1/s1. The highest BCUT2D eigenvalue weighted by Gasteiger charge is 2.37. The lowest BCUT2D eigenvalue weighted by Gasteiger charge is -2.18. The number of halogens is 2. The molecule has 0 unspecified atom stereocenters. The van der Waals surface area contributed by atoms with Gasteiger partial charge in [0.25, 0.3) is 0 Å². The second-order valence-corrected chi connectivity index (χ2v) is 6.84. The number of aliphatic carboxylic acids is 1. The van der Waals surface area contributed by atoms with Crippen molar-refractivity contribution in [3.63, 3.8) is 0 Å². The molecule has 23 heavy (non-hydrogen) atoms. The molecule has 0 saturated carbocycles. The van der Waals surface area contributed by atoms with Gasteiger partial charge < -0.3 is 9.84 Å². The third kappa shape index (κ3) is 3.44. The van der Waals surface area contributed by atoms with Gasteiger partial charge in [0.15, 0.2) is 0 Å². The van der Waals surface area contributed by atoms with E-state index in [1.807, 2.05) is 30.0 Å². The Morgan fingerprint density at radius 3 is 2.96 bits per heavy atom. The second-order valence-electron chi connectivity index (χ2n) is 5.53. The van der Waals surface area contributed by atoms with E-state index in [0.29, 0.717) is 30.5 Å². The number of benzene rings is 1. The van der Waals surface area contributed by atoms with Crippen LogP contribution in [0.5, 0.6) is 5.88 Å². The minimum Gasteiger partial charge on any atom is -0.480 e. The lowest BCUT2D eigenvalue weighted by atomic mass is 10.1. The van der Waals surface area contributed by atoms with Crippen LogP contribution in [0.25, 0.3) is 10.8 Å². The number of fused-ring (bicyclic) bond motifs is 1. The quantitative estimate of drug-likeness (QED) is 0.796. The van der Waals surface area contributed by atoms with Gasteiger partial charge in [-0.15, -0.1) is 0 Å². The Hall–Kier alpha value is -1.37. The maximum atomic E-state index is 11.3. The van der Waals surface area contributed by atoms with Gasteiger partial charge in [0.1, 0.15) is 17.3 Å². The van der Waals surface area contributed by atoms with Gasteiger partial charge >= 0.3 is 5.97 Å². The van der Waals surface area contributed by atoms with Crippen molar-refractivity contribution in [2.24, 2.45) is 0 Å². The summed E-state index contributed by atoms with van der Waals surface area (Å²) in [6.07, 6.45) is 0.219. The number of carboxylic acid groups (broad SMARTS) is 1. The number of ether oxygens (including phenoxy) is 1. The lowest BCUT2D eigenvalue weighted by molar-refractivity contribution is -0.142. The van der Waals surface area contributed by atoms with E-state index in [1.165, 1.54) is 0 Å². The Bertz CT molecular complexity index is 755. The molecule has 1 aliphatic heterocycles. The smallest absolute Gasteiger partial charge is 0.321 e. The summed E-state index contributed by atoms with van der Waals surface area (Å²) in [5.74, 6) is -0.370. The van der Waals surface area contributed by atoms with Crippen molar-refractivity contribution in [1.82, 2.24) is 9.88 Å². The van der Waals surface area contributed by atoms with E-state index in [4.69, 9.17) is 16.3 Å². The lowest BCUT2D eigenvalue weighted by Crippen LogP contribution is -2.35. The molecule has 122 valence electrons. The monoisotopic (exact) mass is 398 g/mol. The molecule has 2 heterocycles. The number of nitrogens with zero attached hydrogens (tertiary/aromatic N) is 2. The van der Waals surface area contributed by atoms with Crippen LogP contribution in [-0.4, -0.2) is 46.2 Å². The van der Waals surface area contributed by atoms with Gasteiger partial charge in [-0.3, -0.25) is 9.69 Å². The van der Waals surface area contributed by atoms with Gasteiger partial charge in [0, 0.05) is 22.8 Å². The van der Waals surface area contributed by atoms with Crippen molar-refractivity contribution in [3.05, 3.63) is 33.9 Å². The van der Waals surface area contributed by atoms with Crippen LogP contribution in [0.1, 0.15) is 13.3 Å². The zero-order valence-electron chi connectivity index (χ0n) is 12.5. The van der Waals surface area contributed by atoms with Gasteiger partial charge in [-0.1, -0.05) is 40.5 Å². The van der Waals surface area contributed by atoms with Crippen LogP contribution in [0.15, 0.2) is 28.7 Å². The summed E-state index contributed by atoms with van der Waals surface area (Å²) in [5, 5.41) is 11.5. The van der Waals surface area contributed by atoms with Gasteiger partial charge in [0.2, 0.25) is 5.88 Å². The van der Waals surface area contributed by atoms with Crippen molar-refractivity contribution >= 4 is 44.3 Å². The molecule has 7 heteroatoms. The molecule has 0 amide bonds. The SMILES string of the molecule is CCN1C[C@H](Oc2nc(Cl)cc3ccc(Br)cc23)C[C@H]1C(=O)O. The predicted molar refractivity (Wildman–Crippen MR) is 92.2 cm³/mol. The number of likely N-dealkylation sites (tertiary alicyclic amines) is 1. The molecule has 1 saturated heterocycles. The van der Waals surface area contributed by atoms with Crippen molar-refractivity contribution in [1.29, 1.82) is 0 Å². The Kier molecular flexibility index (Phi) is 4.75. The first kappa shape index (κ1) is 16.5. The van der Waals surface area contributed by atoms with E-state index < -0.39 is 12.0 Å². The first-order valence-electron chi connectivity index (χ1n) is 7.37. The van der Waals surface area contributed by atoms with E-state index in [-0.39, 0.29) is 6.10 Å². The molecule has 1 aliphatic rings. The van der Waals surface area contributed by atoms with Crippen molar-refractivity contribution in [3.8, 4) is 5.88 Å². The fourth-order valence-electron chi connectivity index (χ4n) is 2.96. The first-order chi connectivity index (χ1) is 11.0. The molecular formula is C16H16BrClN2O3. The largest absolute Gasteiger partial charge is 0.480 e. The maximum Gasteiger partial charge on any atom is 0.321 e. The van der Waals surface area contributed by atoms with Crippen molar-refractivity contribution in [2.45, 2.75) is 25.5 Å². The van der Waals surface area contributed by atoms with E-state index in [9.17, 15) is 9.90 Å². The van der Waals surface area contributed by atoms with Crippen LogP contribution in [-0.2, 0) is 4.79 Å². The van der Waals surface area contributed by atoms with Crippen LogP contribution in [0, 0.1) is 0 Å². The number of rotatable bonds is 4. The molecule has 1 aromatic heterocycles. The predicted octanol–water partition coefficient (Wildman–Crippen LogP) is 3.58. The van der Waals surface area contributed by atoms with Crippen molar-refractivity contribution < 1.29 is 14.6 Å². The Morgan fingerprint density at radius 2 is 2.30 bits per heavy atom. The Morgan fingerprint density at radius 1 is 1.52 bits per heavy atom. The normalized spacial score (nSPS) is 21.7. The topological polar surface area (TPSA) is 62.7 Å². The zero-order chi connectivity index (χ0) is 16.6. The van der Waals surface area contributed by atoms with E-state index in [0.717, 1.165) is 15.2 Å². The minimum atomic E-state index is -0.815. The molecule has 0 spiro atoms.